The van der Waals surface area contributed by atoms with Crippen molar-refractivity contribution in [2.24, 2.45) is 0 Å². The standard InChI is InChI=1S/C22H28N2O5/c1-28-20-7-3-2-6-19(20)24-13-11-23(12-14-24)10-4-5-15-29-21-16-17(25)8-9-18(21)22(26)27/h2-3,6-9,16,25H,4-5,10-15H2,1H3,(H,26,27). The Hall–Kier alpha value is -2.93. The van der Waals surface area contributed by atoms with E-state index in [4.69, 9.17) is 9.47 Å². The number of hydrogen-bond acceptors (Lipinski definition) is 6. The van der Waals surface area contributed by atoms with Gasteiger partial charge in [0, 0.05) is 32.2 Å². The maximum absolute atomic E-state index is 11.2. The minimum atomic E-state index is -1.06. The summed E-state index contributed by atoms with van der Waals surface area (Å²) in [7, 11) is 1.70. The first-order valence-electron chi connectivity index (χ1n) is 9.88. The summed E-state index contributed by atoms with van der Waals surface area (Å²) >= 11 is 0. The van der Waals surface area contributed by atoms with E-state index in [-0.39, 0.29) is 17.1 Å². The summed E-state index contributed by atoms with van der Waals surface area (Å²) in [6.07, 6.45) is 1.79. The Bertz CT molecular complexity index is 819. The smallest absolute Gasteiger partial charge is 0.339 e. The summed E-state index contributed by atoms with van der Waals surface area (Å²) < 4.78 is 11.1. The Kier molecular flexibility index (Phi) is 7.19. The molecule has 2 N–H and O–H groups in total. The van der Waals surface area contributed by atoms with E-state index in [1.807, 2.05) is 18.2 Å². The zero-order chi connectivity index (χ0) is 20.6. The molecule has 0 aliphatic carbocycles. The SMILES string of the molecule is COc1ccccc1N1CCN(CCCCOc2cc(O)ccc2C(=O)O)CC1. The van der Waals surface area contributed by atoms with Gasteiger partial charge in [0.25, 0.3) is 0 Å². The number of para-hydroxylation sites is 2. The monoisotopic (exact) mass is 400 g/mol. The van der Waals surface area contributed by atoms with Gasteiger partial charge in [0.05, 0.1) is 19.4 Å². The van der Waals surface area contributed by atoms with Crippen molar-refractivity contribution in [3.8, 4) is 17.2 Å². The second-order valence-corrected chi connectivity index (χ2v) is 7.04. The number of anilines is 1. The first-order valence-corrected chi connectivity index (χ1v) is 9.88. The number of rotatable bonds is 9. The predicted molar refractivity (Wildman–Crippen MR) is 111 cm³/mol. The van der Waals surface area contributed by atoms with Crippen LogP contribution in [0.2, 0.25) is 0 Å². The third-order valence-electron chi connectivity index (χ3n) is 5.12. The van der Waals surface area contributed by atoms with Gasteiger partial charge in [-0.25, -0.2) is 4.79 Å². The molecule has 1 aliphatic heterocycles. The lowest BCUT2D eigenvalue weighted by Crippen LogP contribution is -2.46. The van der Waals surface area contributed by atoms with Crippen molar-refractivity contribution >= 4 is 11.7 Å². The highest BCUT2D eigenvalue weighted by molar-refractivity contribution is 5.91. The van der Waals surface area contributed by atoms with Gasteiger partial charge in [0.15, 0.2) is 0 Å². The molecule has 0 aromatic heterocycles. The lowest BCUT2D eigenvalue weighted by Gasteiger charge is -2.36. The molecule has 2 aromatic rings. The second kappa shape index (κ2) is 10.0. The number of carboxylic acid groups (broad SMARTS) is 1. The zero-order valence-corrected chi connectivity index (χ0v) is 16.7. The summed E-state index contributed by atoms with van der Waals surface area (Å²) in [5.41, 5.74) is 1.21. The Morgan fingerprint density at radius 1 is 1.03 bits per heavy atom. The fourth-order valence-electron chi connectivity index (χ4n) is 3.53. The predicted octanol–water partition coefficient (Wildman–Crippen LogP) is 3.08. The largest absolute Gasteiger partial charge is 0.508 e. The number of carbonyl (C=O) groups is 1. The normalized spacial score (nSPS) is 14.6. The van der Waals surface area contributed by atoms with E-state index in [0.717, 1.165) is 57.0 Å². The molecule has 7 heteroatoms. The van der Waals surface area contributed by atoms with Crippen LogP contribution in [0, 0.1) is 0 Å². The number of ether oxygens (including phenoxy) is 2. The van der Waals surface area contributed by atoms with Crippen LogP contribution in [0.4, 0.5) is 5.69 Å². The van der Waals surface area contributed by atoms with Crippen LogP contribution in [-0.4, -0.2) is 67.5 Å². The molecule has 0 unspecified atom stereocenters. The third-order valence-corrected chi connectivity index (χ3v) is 5.12. The number of piperazine rings is 1. The van der Waals surface area contributed by atoms with Gasteiger partial charge in [-0.15, -0.1) is 0 Å². The van der Waals surface area contributed by atoms with Crippen LogP contribution >= 0.6 is 0 Å². The van der Waals surface area contributed by atoms with Crippen molar-refractivity contribution in [1.82, 2.24) is 4.90 Å². The van der Waals surface area contributed by atoms with E-state index >= 15 is 0 Å². The molecule has 0 amide bonds. The molecule has 0 atom stereocenters. The molecular weight excluding hydrogens is 372 g/mol. The molecule has 0 saturated carbocycles. The summed E-state index contributed by atoms with van der Waals surface area (Å²) in [6.45, 7) is 5.31. The van der Waals surface area contributed by atoms with Crippen molar-refractivity contribution < 1.29 is 24.5 Å². The van der Waals surface area contributed by atoms with Gasteiger partial charge in [-0.3, -0.25) is 4.90 Å². The van der Waals surface area contributed by atoms with Gasteiger partial charge in [-0.1, -0.05) is 12.1 Å². The average Bonchev–Trinajstić information content (AvgIpc) is 2.74. The Morgan fingerprint density at radius 3 is 2.52 bits per heavy atom. The van der Waals surface area contributed by atoms with E-state index in [0.29, 0.717) is 6.61 Å². The quantitative estimate of drug-likeness (QED) is 0.626. The molecule has 1 aliphatic rings. The van der Waals surface area contributed by atoms with Crippen LogP contribution in [0.25, 0.3) is 0 Å². The van der Waals surface area contributed by atoms with Gasteiger partial charge >= 0.3 is 5.97 Å². The highest BCUT2D eigenvalue weighted by atomic mass is 16.5. The first-order chi connectivity index (χ1) is 14.1. The number of unbranched alkanes of at least 4 members (excludes halogenated alkanes) is 1. The molecule has 1 fully saturated rings. The summed E-state index contributed by atoms with van der Waals surface area (Å²) in [4.78, 5) is 16.0. The lowest BCUT2D eigenvalue weighted by molar-refractivity contribution is 0.0692. The number of nitrogens with zero attached hydrogens (tertiary/aromatic N) is 2. The molecular formula is C22H28N2O5. The van der Waals surface area contributed by atoms with Gasteiger partial charge < -0.3 is 24.6 Å². The first kappa shape index (κ1) is 20.8. The number of phenolic OH excluding ortho intramolecular Hbond substituents is 1. The number of aromatic hydroxyl groups is 1. The van der Waals surface area contributed by atoms with Crippen molar-refractivity contribution in [1.29, 1.82) is 0 Å². The second-order valence-electron chi connectivity index (χ2n) is 7.04. The highest BCUT2D eigenvalue weighted by Gasteiger charge is 2.19. The molecule has 156 valence electrons. The van der Waals surface area contributed by atoms with E-state index < -0.39 is 5.97 Å². The molecule has 7 nitrogen and oxygen atoms in total. The molecule has 0 radical (unpaired) electrons. The van der Waals surface area contributed by atoms with Crippen LogP contribution in [0.3, 0.4) is 0 Å². The Balaban J connectivity index is 1.39. The van der Waals surface area contributed by atoms with E-state index in [1.54, 1.807) is 7.11 Å². The summed E-state index contributed by atoms with van der Waals surface area (Å²) in [5.74, 6) is 0.0551. The molecule has 29 heavy (non-hydrogen) atoms. The Labute approximate surface area is 171 Å². The maximum atomic E-state index is 11.2. The van der Waals surface area contributed by atoms with E-state index in [1.165, 1.54) is 18.2 Å². The minimum Gasteiger partial charge on any atom is -0.508 e. The van der Waals surface area contributed by atoms with Crippen molar-refractivity contribution in [3.05, 3.63) is 48.0 Å². The molecule has 0 spiro atoms. The topological polar surface area (TPSA) is 82.5 Å². The molecule has 2 aromatic carbocycles. The molecule has 1 heterocycles. The summed E-state index contributed by atoms with van der Waals surface area (Å²) in [5, 5.41) is 18.7. The van der Waals surface area contributed by atoms with Crippen LogP contribution in [0.5, 0.6) is 17.2 Å². The van der Waals surface area contributed by atoms with Gasteiger partial charge in [0.2, 0.25) is 0 Å². The van der Waals surface area contributed by atoms with E-state index in [2.05, 4.69) is 15.9 Å². The number of benzene rings is 2. The average molecular weight is 400 g/mol. The van der Waals surface area contributed by atoms with E-state index in [9.17, 15) is 15.0 Å². The minimum absolute atomic E-state index is 0.00193. The van der Waals surface area contributed by atoms with Crippen LogP contribution < -0.4 is 14.4 Å². The zero-order valence-electron chi connectivity index (χ0n) is 16.7. The fourth-order valence-corrected chi connectivity index (χ4v) is 3.53. The van der Waals surface area contributed by atoms with Crippen LogP contribution in [-0.2, 0) is 0 Å². The maximum Gasteiger partial charge on any atom is 0.339 e. The highest BCUT2D eigenvalue weighted by Crippen LogP contribution is 2.28. The number of hydrogen-bond donors (Lipinski definition) is 2. The van der Waals surface area contributed by atoms with Crippen LogP contribution in [0.1, 0.15) is 23.2 Å². The third kappa shape index (κ3) is 5.54. The van der Waals surface area contributed by atoms with Gasteiger partial charge in [-0.05, 0) is 43.7 Å². The molecule has 0 bridgehead atoms. The summed E-state index contributed by atoms with van der Waals surface area (Å²) in [6, 6.07) is 12.2. The fraction of sp³-hybridized carbons (Fsp3) is 0.409. The number of aromatic carboxylic acids is 1. The van der Waals surface area contributed by atoms with Crippen molar-refractivity contribution in [2.75, 3.05) is 51.3 Å². The number of phenols is 1. The lowest BCUT2D eigenvalue weighted by atomic mass is 10.2. The number of methoxy groups -OCH3 is 1. The van der Waals surface area contributed by atoms with Crippen LogP contribution in [0.15, 0.2) is 42.5 Å². The van der Waals surface area contributed by atoms with Gasteiger partial charge in [0.1, 0.15) is 22.8 Å². The molecule has 3 rings (SSSR count). The van der Waals surface area contributed by atoms with Crippen molar-refractivity contribution in [2.45, 2.75) is 12.8 Å². The molecule has 1 saturated heterocycles. The number of carboxylic acids is 1. The Morgan fingerprint density at radius 2 is 1.79 bits per heavy atom. The van der Waals surface area contributed by atoms with Gasteiger partial charge in [-0.2, -0.15) is 0 Å². The van der Waals surface area contributed by atoms with Crippen molar-refractivity contribution in [3.63, 3.8) is 0 Å².